The van der Waals surface area contributed by atoms with Crippen molar-refractivity contribution in [2.75, 3.05) is 20.2 Å². The van der Waals surface area contributed by atoms with Crippen molar-refractivity contribution in [3.05, 3.63) is 50.6 Å². The minimum Gasteiger partial charge on any atom is -0.492 e. The summed E-state index contributed by atoms with van der Waals surface area (Å²) < 4.78 is 6.61. The van der Waals surface area contributed by atoms with Gasteiger partial charge >= 0.3 is 0 Å². The number of carbonyl (C=O) groups excluding carboxylic acids is 1. The second kappa shape index (κ2) is 6.90. The van der Waals surface area contributed by atoms with E-state index < -0.39 is 0 Å². The molecule has 1 heterocycles. The number of halogens is 1. The Morgan fingerprint density at radius 1 is 1.35 bits per heavy atom. The Labute approximate surface area is 131 Å². The molecule has 0 fully saturated rings. The number of carbonyl (C=O) groups is 1. The lowest BCUT2D eigenvalue weighted by molar-refractivity contribution is 0.0778. The van der Waals surface area contributed by atoms with Crippen molar-refractivity contribution in [3.63, 3.8) is 0 Å². The van der Waals surface area contributed by atoms with E-state index in [4.69, 9.17) is 4.74 Å². The van der Waals surface area contributed by atoms with Crippen LogP contribution in [-0.4, -0.2) is 31.0 Å². The van der Waals surface area contributed by atoms with Gasteiger partial charge in [0.15, 0.2) is 0 Å². The molecular formula is C15H16BrNO2S. The number of aryl methyl sites for hydroxylation is 1. The summed E-state index contributed by atoms with van der Waals surface area (Å²) in [6.07, 6.45) is 0. The third kappa shape index (κ3) is 4.08. The summed E-state index contributed by atoms with van der Waals surface area (Å²) >= 11 is 4.80. The molecule has 0 spiro atoms. The fourth-order valence-electron chi connectivity index (χ4n) is 1.72. The van der Waals surface area contributed by atoms with Crippen LogP contribution in [0.2, 0.25) is 0 Å². The van der Waals surface area contributed by atoms with Crippen LogP contribution in [0, 0.1) is 6.92 Å². The van der Waals surface area contributed by atoms with Gasteiger partial charge in [0, 0.05) is 7.05 Å². The van der Waals surface area contributed by atoms with E-state index in [1.54, 1.807) is 11.9 Å². The van der Waals surface area contributed by atoms with Gasteiger partial charge in [0.1, 0.15) is 12.4 Å². The van der Waals surface area contributed by atoms with Gasteiger partial charge in [-0.1, -0.05) is 12.1 Å². The fourth-order valence-corrected chi connectivity index (χ4v) is 3.11. The first-order valence-electron chi connectivity index (χ1n) is 6.26. The van der Waals surface area contributed by atoms with E-state index in [1.807, 2.05) is 43.3 Å². The van der Waals surface area contributed by atoms with E-state index in [1.165, 1.54) is 11.3 Å². The van der Waals surface area contributed by atoms with Crippen LogP contribution in [0.4, 0.5) is 0 Å². The molecule has 106 valence electrons. The average Bonchev–Trinajstić information content (AvgIpc) is 2.84. The number of hydrogen-bond donors (Lipinski definition) is 0. The summed E-state index contributed by atoms with van der Waals surface area (Å²) in [5.74, 6) is 0.859. The molecule has 0 aliphatic rings. The SMILES string of the molecule is Cc1cccc(OCCN(C)C(=O)c2ccc(Br)s2)c1. The van der Waals surface area contributed by atoms with Crippen LogP contribution in [0.25, 0.3) is 0 Å². The Hall–Kier alpha value is -1.33. The number of thiophene rings is 1. The Morgan fingerprint density at radius 2 is 2.15 bits per heavy atom. The number of rotatable bonds is 5. The fraction of sp³-hybridized carbons (Fsp3) is 0.267. The van der Waals surface area contributed by atoms with E-state index in [9.17, 15) is 4.79 Å². The topological polar surface area (TPSA) is 29.5 Å². The van der Waals surface area contributed by atoms with Gasteiger partial charge in [0.2, 0.25) is 0 Å². The lowest BCUT2D eigenvalue weighted by Gasteiger charge is -2.16. The Bertz CT molecular complexity index is 597. The minimum atomic E-state index is 0.0218. The summed E-state index contributed by atoms with van der Waals surface area (Å²) in [6.45, 7) is 3.07. The van der Waals surface area contributed by atoms with Gasteiger partial charge in [-0.3, -0.25) is 4.79 Å². The maximum absolute atomic E-state index is 12.1. The van der Waals surface area contributed by atoms with Crippen LogP contribution >= 0.6 is 27.3 Å². The Morgan fingerprint density at radius 3 is 2.80 bits per heavy atom. The predicted molar refractivity (Wildman–Crippen MR) is 85.7 cm³/mol. The van der Waals surface area contributed by atoms with Crippen molar-refractivity contribution in [3.8, 4) is 5.75 Å². The highest BCUT2D eigenvalue weighted by Crippen LogP contribution is 2.23. The summed E-state index contributed by atoms with van der Waals surface area (Å²) in [6, 6.07) is 11.6. The van der Waals surface area contributed by atoms with Crippen molar-refractivity contribution in [1.29, 1.82) is 0 Å². The molecule has 3 nitrogen and oxygen atoms in total. The molecule has 0 N–H and O–H groups in total. The zero-order chi connectivity index (χ0) is 14.5. The van der Waals surface area contributed by atoms with E-state index >= 15 is 0 Å². The lowest BCUT2D eigenvalue weighted by atomic mass is 10.2. The number of hydrogen-bond acceptors (Lipinski definition) is 3. The van der Waals surface area contributed by atoms with Crippen molar-refractivity contribution in [1.82, 2.24) is 4.90 Å². The van der Waals surface area contributed by atoms with E-state index in [0.717, 1.165) is 20.0 Å². The second-order valence-electron chi connectivity index (χ2n) is 4.50. The highest BCUT2D eigenvalue weighted by Gasteiger charge is 2.13. The largest absolute Gasteiger partial charge is 0.492 e. The second-order valence-corrected chi connectivity index (χ2v) is 6.96. The number of benzene rings is 1. The van der Waals surface area contributed by atoms with Crippen molar-refractivity contribution in [2.45, 2.75) is 6.92 Å². The quantitative estimate of drug-likeness (QED) is 0.813. The first-order valence-corrected chi connectivity index (χ1v) is 7.87. The van der Waals surface area contributed by atoms with Gasteiger partial charge in [0.25, 0.3) is 5.91 Å². The molecule has 20 heavy (non-hydrogen) atoms. The van der Waals surface area contributed by atoms with Crippen LogP contribution in [0.15, 0.2) is 40.2 Å². The van der Waals surface area contributed by atoms with Crippen LogP contribution < -0.4 is 4.74 Å². The van der Waals surface area contributed by atoms with Crippen molar-refractivity contribution in [2.24, 2.45) is 0 Å². The molecule has 0 aliphatic heterocycles. The lowest BCUT2D eigenvalue weighted by Crippen LogP contribution is -2.30. The molecule has 0 saturated carbocycles. The van der Waals surface area contributed by atoms with E-state index in [0.29, 0.717) is 13.2 Å². The van der Waals surface area contributed by atoms with Gasteiger partial charge in [-0.05, 0) is 52.7 Å². The standard InChI is InChI=1S/C15H16BrNO2S/c1-11-4-3-5-12(10-11)19-9-8-17(2)15(18)13-6-7-14(16)20-13/h3-7,10H,8-9H2,1-2H3. The highest BCUT2D eigenvalue weighted by molar-refractivity contribution is 9.11. The molecular weight excluding hydrogens is 338 g/mol. The van der Waals surface area contributed by atoms with Gasteiger partial charge in [-0.25, -0.2) is 0 Å². The summed E-state index contributed by atoms with van der Waals surface area (Å²) in [5, 5.41) is 0. The maximum atomic E-state index is 12.1. The Kier molecular flexibility index (Phi) is 5.20. The number of amides is 1. The zero-order valence-electron chi connectivity index (χ0n) is 11.4. The van der Waals surface area contributed by atoms with Gasteiger partial charge in [0.05, 0.1) is 15.2 Å². The highest BCUT2D eigenvalue weighted by atomic mass is 79.9. The molecule has 0 radical (unpaired) electrons. The van der Waals surface area contributed by atoms with Crippen molar-refractivity contribution >= 4 is 33.2 Å². The first kappa shape index (κ1) is 15.1. The molecule has 1 aromatic carbocycles. The monoisotopic (exact) mass is 353 g/mol. The molecule has 1 aromatic heterocycles. The van der Waals surface area contributed by atoms with Crippen LogP contribution in [0.1, 0.15) is 15.2 Å². The summed E-state index contributed by atoms with van der Waals surface area (Å²) in [7, 11) is 1.79. The Balaban J connectivity index is 1.83. The van der Waals surface area contributed by atoms with E-state index in [2.05, 4.69) is 15.9 Å². The van der Waals surface area contributed by atoms with Gasteiger partial charge in [-0.15, -0.1) is 11.3 Å². The van der Waals surface area contributed by atoms with Crippen LogP contribution in [0.5, 0.6) is 5.75 Å². The molecule has 0 saturated heterocycles. The first-order chi connectivity index (χ1) is 9.56. The third-order valence-electron chi connectivity index (χ3n) is 2.82. The number of nitrogens with zero attached hydrogens (tertiary/aromatic N) is 1. The molecule has 2 aromatic rings. The van der Waals surface area contributed by atoms with E-state index in [-0.39, 0.29) is 5.91 Å². The number of likely N-dealkylation sites (N-methyl/N-ethyl adjacent to an activating group) is 1. The van der Waals surface area contributed by atoms with Gasteiger partial charge < -0.3 is 9.64 Å². The molecule has 5 heteroatoms. The summed E-state index contributed by atoms with van der Waals surface area (Å²) in [5.41, 5.74) is 1.16. The predicted octanol–water partition coefficient (Wildman–Crippen LogP) is 3.97. The maximum Gasteiger partial charge on any atom is 0.263 e. The molecule has 1 amide bonds. The number of ether oxygens (including phenoxy) is 1. The molecule has 0 bridgehead atoms. The van der Waals surface area contributed by atoms with Crippen LogP contribution in [-0.2, 0) is 0 Å². The zero-order valence-corrected chi connectivity index (χ0v) is 13.8. The minimum absolute atomic E-state index is 0.0218. The molecule has 0 atom stereocenters. The average molecular weight is 354 g/mol. The van der Waals surface area contributed by atoms with Crippen LogP contribution in [0.3, 0.4) is 0 Å². The third-order valence-corrected chi connectivity index (χ3v) is 4.43. The smallest absolute Gasteiger partial charge is 0.263 e. The molecule has 0 aliphatic carbocycles. The molecule has 0 unspecified atom stereocenters. The summed E-state index contributed by atoms with van der Waals surface area (Å²) in [4.78, 5) is 14.5. The molecule has 2 rings (SSSR count). The van der Waals surface area contributed by atoms with Crippen molar-refractivity contribution < 1.29 is 9.53 Å². The normalized spacial score (nSPS) is 10.3. The van der Waals surface area contributed by atoms with Gasteiger partial charge in [-0.2, -0.15) is 0 Å².